The van der Waals surface area contributed by atoms with Gasteiger partial charge in [-0.1, -0.05) is 12.1 Å². The molecule has 1 saturated heterocycles. The third kappa shape index (κ3) is 4.21. The van der Waals surface area contributed by atoms with Crippen LogP contribution in [0.25, 0.3) is 0 Å². The van der Waals surface area contributed by atoms with E-state index in [-0.39, 0.29) is 6.10 Å². The third-order valence-electron chi connectivity index (χ3n) is 4.90. The second-order valence-corrected chi connectivity index (χ2v) is 6.61. The van der Waals surface area contributed by atoms with Crippen LogP contribution in [-0.2, 0) is 6.54 Å². The lowest BCUT2D eigenvalue weighted by Crippen LogP contribution is -2.35. The number of benzene rings is 1. The van der Waals surface area contributed by atoms with Gasteiger partial charge < -0.3 is 15.3 Å². The minimum Gasteiger partial charge on any atom is -0.393 e. The number of aliphatic hydroxyl groups is 1. The first-order valence-electron chi connectivity index (χ1n) is 8.56. The molecule has 3 heteroatoms. The summed E-state index contributed by atoms with van der Waals surface area (Å²) in [5.41, 5.74) is 2.71. The molecule has 2 unspecified atom stereocenters. The molecular formula is C18H28N2O. The highest BCUT2D eigenvalue weighted by atomic mass is 16.3. The average molecular weight is 288 g/mol. The number of aliphatic hydroxyl groups excluding tert-OH is 1. The fourth-order valence-electron chi connectivity index (χ4n) is 3.59. The second-order valence-electron chi connectivity index (χ2n) is 6.61. The van der Waals surface area contributed by atoms with Crippen LogP contribution in [0, 0.1) is 0 Å². The number of rotatable bonds is 4. The highest BCUT2D eigenvalue weighted by Gasteiger charge is 2.19. The summed E-state index contributed by atoms with van der Waals surface area (Å²) >= 11 is 0. The molecule has 116 valence electrons. The summed E-state index contributed by atoms with van der Waals surface area (Å²) in [5, 5.41) is 13.3. The van der Waals surface area contributed by atoms with Crippen molar-refractivity contribution in [2.75, 3.05) is 18.0 Å². The predicted molar refractivity (Wildman–Crippen MR) is 87.6 cm³/mol. The number of nitrogens with zero attached hydrogens (tertiary/aromatic N) is 1. The standard InChI is InChI=1S/C18H28N2O/c21-18-6-4-5-16(13-18)19-14-15-7-9-17(10-8-15)20-11-2-1-3-12-20/h7-10,16,18-19,21H,1-6,11-14H2. The Bertz CT molecular complexity index is 425. The Morgan fingerprint density at radius 1 is 1.00 bits per heavy atom. The van der Waals surface area contributed by atoms with Crippen molar-refractivity contribution in [2.45, 2.75) is 63.6 Å². The van der Waals surface area contributed by atoms with E-state index < -0.39 is 0 Å². The highest BCUT2D eigenvalue weighted by Crippen LogP contribution is 2.21. The molecular weight excluding hydrogens is 260 g/mol. The summed E-state index contributed by atoms with van der Waals surface area (Å²) in [7, 11) is 0. The summed E-state index contributed by atoms with van der Waals surface area (Å²) in [6, 6.07) is 9.50. The van der Waals surface area contributed by atoms with Crippen molar-refractivity contribution in [3.63, 3.8) is 0 Å². The Labute approximate surface area is 128 Å². The maximum atomic E-state index is 9.71. The van der Waals surface area contributed by atoms with Crippen molar-refractivity contribution < 1.29 is 5.11 Å². The van der Waals surface area contributed by atoms with Crippen molar-refractivity contribution in [3.05, 3.63) is 29.8 Å². The molecule has 0 aromatic heterocycles. The summed E-state index contributed by atoms with van der Waals surface area (Å²) < 4.78 is 0. The monoisotopic (exact) mass is 288 g/mol. The molecule has 2 atom stereocenters. The average Bonchev–Trinajstić information content (AvgIpc) is 2.54. The van der Waals surface area contributed by atoms with Crippen LogP contribution in [0.4, 0.5) is 5.69 Å². The van der Waals surface area contributed by atoms with E-state index in [9.17, 15) is 5.11 Å². The Hall–Kier alpha value is -1.06. The molecule has 2 fully saturated rings. The Morgan fingerprint density at radius 3 is 2.48 bits per heavy atom. The molecule has 1 aliphatic carbocycles. The molecule has 0 spiro atoms. The number of hydrogen-bond acceptors (Lipinski definition) is 3. The van der Waals surface area contributed by atoms with Gasteiger partial charge in [-0.15, -0.1) is 0 Å². The number of piperidine rings is 1. The smallest absolute Gasteiger partial charge is 0.0555 e. The summed E-state index contributed by atoms with van der Waals surface area (Å²) in [6.45, 7) is 3.33. The number of nitrogens with one attached hydrogen (secondary N) is 1. The van der Waals surface area contributed by atoms with Crippen LogP contribution in [0.2, 0.25) is 0 Å². The van der Waals surface area contributed by atoms with Crippen LogP contribution in [0.3, 0.4) is 0 Å². The van der Waals surface area contributed by atoms with Gasteiger partial charge in [0.1, 0.15) is 0 Å². The van der Waals surface area contributed by atoms with Gasteiger partial charge in [0.2, 0.25) is 0 Å². The molecule has 0 bridgehead atoms. The van der Waals surface area contributed by atoms with Crippen LogP contribution in [0.5, 0.6) is 0 Å². The lowest BCUT2D eigenvalue weighted by Gasteiger charge is -2.29. The molecule has 1 heterocycles. The molecule has 3 rings (SSSR count). The number of hydrogen-bond donors (Lipinski definition) is 2. The van der Waals surface area contributed by atoms with Crippen LogP contribution in [-0.4, -0.2) is 30.3 Å². The van der Waals surface area contributed by atoms with E-state index in [1.54, 1.807) is 0 Å². The fourth-order valence-corrected chi connectivity index (χ4v) is 3.59. The van der Waals surface area contributed by atoms with Crippen molar-refractivity contribution in [3.8, 4) is 0 Å². The molecule has 2 aliphatic rings. The molecule has 1 aromatic carbocycles. The minimum absolute atomic E-state index is 0.0993. The van der Waals surface area contributed by atoms with Crippen LogP contribution in [0.1, 0.15) is 50.5 Å². The SMILES string of the molecule is OC1CCCC(NCc2ccc(N3CCCCC3)cc2)C1. The zero-order valence-electron chi connectivity index (χ0n) is 12.9. The highest BCUT2D eigenvalue weighted by molar-refractivity contribution is 5.47. The first-order valence-corrected chi connectivity index (χ1v) is 8.56. The predicted octanol–water partition coefficient (Wildman–Crippen LogP) is 3.07. The summed E-state index contributed by atoms with van der Waals surface area (Å²) in [5.74, 6) is 0. The zero-order chi connectivity index (χ0) is 14.5. The normalized spacial score (nSPS) is 26.8. The van der Waals surface area contributed by atoms with E-state index in [0.29, 0.717) is 6.04 Å². The van der Waals surface area contributed by atoms with Gasteiger partial charge in [0.05, 0.1) is 6.10 Å². The van der Waals surface area contributed by atoms with Gasteiger partial charge >= 0.3 is 0 Å². The molecule has 1 aliphatic heterocycles. The largest absolute Gasteiger partial charge is 0.393 e. The fraction of sp³-hybridized carbons (Fsp3) is 0.667. The Morgan fingerprint density at radius 2 is 1.76 bits per heavy atom. The van der Waals surface area contributed by atoms with Gasteiger partial charge in [-0.3, -0.25) is 0 Å². The Kier molecular flexibility index (Phi) is 5.15. The van der Waals surface area contributed by atoms with Crippen molar-refractivity contribution in [1.82, 2.24) is 5.32 Å². The first kappa shape index (κ1) is 14.9. The second kappa shape index (κ2) is 7.28. The first-order chi connectivity index (χ1) is 10.3. The lowest BCUT2D eigenvalue weighted by molar-refractivity contribution is 0.111. The minimum atomic E-state index is -0.0993. The molecule has 0 amide bonds. The Balaban J connectivity index is 1.49. The van der Waals surface area contributed by atoms with E-state index >= 15 is 0 Å². The van der Waals surface area contributed by atoms with Gasteiger partial charge in [0.15, 0.2) is 0 Å². The topological polar surface area (TPSA) is 35.5 Å². The van der Waals surface area contributed by atoms with E-state index in [2.05, 4.69) is 34.5 Å². The molecule has 3 nitrogen and oxygen atoms in total. The zero-order valence-corrected chi connectivity index (χ0v) is 12.9. The molecule has 1 aromatic rings. The molecule has 2 N–H and O–H groups in total. The third-order valence-corrected chi connectivity index (χ3v) is 4.90. The quantitative estimate of drug-likeness (QED) is 0.894. The van der Waals surface area contributed by atoms with Crippen molar-refractivity contribution in [2.24, 2.45) is 0 Å². The van der Waals surface area contributed by atoms with E-state index in [1.165, 1.54) is 50.0 Å². The summed E-state index contributed by atoms with van der Waals surface area (Å²) in [4.78, 5) is 2.50. The van der Waals surface area contributed by atoms with Gasteiger partial charge in [-0.2, -0.15) is 0 Å². The van der Waals surface area contributed by atoms with Gasteiger partial charge in [0.25, 0.3) is 0 Å². The van der Waals surface area contributed by atoms with Gasteiger partial charge in [-0.05, 0) is 62.6 Å². The summed E-state index contributed by atoms with van der Waals surface area (Å²) in [6.07, 6.45) is 8.16. The molecule has 21 heavy (non-hydrogen) atoms. The number of anilines is 1. The molecule has 0 radical (unpaired) electrons. The van der Waals surface area contributed by atoms with Gasteiger partial charge in [0, 0.05) is 31.4 Å². The van der Waals surface area contributed by atoms with Crippen LogP contribution < -0.4 is 10.2 Å². The van der Waals surface area contributed by atoms with E-state index in [4.69, 9.17) is 0 Å². The van der Waals surface area contributed by atoms with Crippen LogP contribution in [0.15, 0.2) is 24.3 Å². The maximum Gasteiger partial charge on any atom is 0.0555 e. The van der Waals surface area contributed by atoms with Crippen molar-refractivity contribution >= 4 is 5.69 Å². The van der Waals surface area contributed by atoms with Gasteiger partial charge in [-0.25, -0.2) is 0 Å². The molecule has 1 saturated carbocycles. The van der Waals surface area contributed by atoms with Crippen molar-refractivity contribution in [1.29, 1.82) is 0 Å². The lowest BCUT2D eigenvalue weighted by atomic mass is 9.93. The van der Waals surface area contributed by atoms with E-state index in [0.717, 1.165) is 25.8 Å². The van der Waals surface area contributed by atoms with E-state index in [1.807, 2.05) is 0 Å². The maximum absolute atomic E-state index is 9.71. The van der Waals surface area contributed by atoms with Crippen LogP contribution >= 0.6 is 0 Å².